The van der Waals surface area contributed by atoms with Gasteiger partial charge in [-0.1, -0.05) is 0 Å². The highest BCUT2D eigenvalue weighted by atomic mass is 16.5. The minimum atomic E-state index is -0.341. The van der Waals surface area contributed by atoms with Crippen molar-refractivity contribution in [2.75, 3.05) is 13.2 Å². The Bertz CT molecular complexity index is 212. The summed E-state index contributed by atoms with van der Waals surface area (Å²) in [5.74, 6) is -0.0651. The maximum Gasteiger partial charge on any atom is 0.317 e. The minimum Gasteiger partial charge on any atom is -0.358 e. The van der Waals surface area contributed by atoms with Crippen molar-refractivity contribution in [3.8, 4) is 0 Å². The van der Waals surface area contributed by atoms with Crippen LogP contribution < -0.4 is 10.6 Å². The van der Waals surface area contributed by atoms with E-state index in [1.54, 1.807) is 0 Å². The van der Waals surface area contributed by atoms with Crippen LogP contribution in [0.5, 0.6) is 0 Å². The van der Waals surface area contributed by atoms with Crippen LogP contribution in [-0.2, 0) is 9.53 Å². The lowest BCUT2D eigenvalue weighted by Crippen LogP contribution is -2.45. The van der Waals surface area contributed by atoms with E-state index in [1.165, 1.54) is 6.92 Å². The summed E-state index contributed by atoms with van der Waals surface area (Å²) in [6.45, 7) is 2.19. The number of amides is 2. The second-order valence-corrected chi connectivity index (χ2v) is 3.38. The predicted molar refractivity (Wildman–Crippen MR) is 50.8 cm³/mol. The molecule has 0 spiro atoms. The summed E-state index contributed by atoms with van der Waals surface area (Å²) in [4.78, 5) is 21.7. The van der Waals surface area contributed by atoms with Crippen molar-refractivity contribution < 1.29 is 14.3 Å². The summed E-state index contributed by atoms with van der Waals surface area (Å²) < 4.78 is 5.30. The first kappa shape index (κ1) is 11.0. The average Bonchev–Trinajstić information content (AvgIpc) is 2.16. The molecule has 0 aromatic rings. The van der Waals surface area contributed by atoms with Gasteiger partial charge in [0, 0.05) is 6.61 Å². The minimum absolute atomic E-state index is 0.0651. The third-order valence-electron chi connectivity index (χ3n) is 1.97. The van der Waals surface area contributed by atoms with Gasteiger partial charge in [0.15, 0.2) is 0 Å². The lowest BCUT2D eigenvalue weighted by molar-refractivity contribution is -0.116. The highest BCUT2D eigenvalue weighted by molar-refractivity contribution is 5.83. The van der Waals surface area contributed by atoms with Crippen LogP contribution in [0.2, 0.25) is 0 Å². The van der Waals surface area contributed by atoms with Crippen LogP contribution in [0.4, 0.5) is 4.79 Å². The first-order chi connectivity index (χ1) is 6.68. The number of rotatable bonds is 3. The summed E-state index contributed by atoms with van der Waals surface area (Å²) in [6.07, 6.45) is 2.76. The van der Waals surface area contributed by atoms with Gasteiger partial charge in [0.05, 0.1) is 6.54 Å². The Morgan fingerprint density at radius 1 is 1.43 bits per heavy atom. The van der Waals surface area contributed by atoms with Crippen LogP contribution in [0.1, 0.15) is 26.2 Å². The van der Waals surface area contributed by atoms with Crippen molar-refractivity contribution in [3.05, 3.63) is 0 Å². The number of carbonyl (C=O) groups excluding carboxylic acids is 2. The standard InChI is InChI=1S/C9H16N2O3/c1-7(12)6-10-9(13)11-8-4-2-3-5-14-8/h8H,2-6H2,1H3,(H2,10,11,13). The number of hydrogen-bond acceptors (Lipinski definition) is 3. The van der Waals surface area contributed by atoms with E-state index in [1.807, 2.05) is 0 Å². The third kappa shape index (κ3) is 4.23. The van der Waals surface area contributed by atoms with Gasteiger partial charge in [0.25, 0.3) is 0 Å². The predicted octanol–water partition coefficient (Wildman–Crippen LogP) is 0.401. The Kier molecular flexibility index (Phi) is 4.39. The van der Waals surface area contributed by atoms with E-state index in [0.29, 0.717) is 6.61 Å². The molecular weight excluding hydrogens is 184 g/mol. The molecule has 0 aliphatic carbocycles. The highest BCUT2D eigenvalue weighted by Crippen LogP contribution is 2.09. The van der Waals surface area contributed by atoms with Crippen molar-refractivity contribution in [2.24, 2.45) is 0 Å². The molecule has 0 aromatic heterocycles. The third-order valence-corrected chi connectivity index (χ3v) is 1.97. The quantitative estimate of drug-likeness (QED) is 0.693. The number of ether oxygens (including phenoxy) is 1. The Balaban J connectivity index is 2.15. The summed E-state index contributed by atoms with van der Waals surface area (Å²) in [5.41, 5.74) is 0. The van der Waals surface area contributed by atoms with Crippen molar-refractivity contribution in [1.29, 1.82) is 0 Å². The van der Waals surface area contributed by atoms with E-state index in [2.05, 4.69) is 10.6 Å². The molecule has 1 fully saturated rings. The van der Waals surface area contributed by atoms with Gasteiger partial charge in [-0.15, -0.1) is 0 Å². The molecule has 1 aliphatic rings. The molecule has 80 valence electrons. The molecule has 1 saturated heterocycles. The molecule has 0 radical (unpaired) electrons. The summed E-state index contributed by atoms with van der Waals surface area (Å²) in [7, 11) is 0. The number of carbonyl (C=O) groups is 2. The van der Waals surface area contributed by atoms with E-state index in [4.69, 9.17) is 4.74 Å². The fraction of sp³-hybridized carbons (Fsp3) is 0.778. The Morgan fingerprint density at radius 3 is 2.79 bits per heavy atom. The summed E-state index contributed by atoms with van der Waals surface area (Å²) in [5, 5.41) is 5.10. The van der Waals surface area contributed by atoms with Gasteiger partial charge in [-0.2, -0.15) is 0 Å². The molecule has 1 atom stereocenters. The first-order valence-corrected chi connectivity index (χ1v) is 4.84. The SMILES string of the molecule is CC(=O)CNC(=O)NC1CCCCO1. The number of hydrogen-bond donors (Lipinski definition) is 2. The van der Waals surface area contributed by atoms with Gasteiger partial charge < -0.3 is 15.4 Å². The van der Waals surface area contributed by atoms with Gasteiger partial charge in [-0.25, -0.2) is 4.79 Å². The van der Waals surface area contributed by atoms with Gasteiger partial charge in [0.1, 0.15) is 12.0 Å². The Hall–Kier alpha value is -1.10. The van der Waals surface area contributed by atoms with E-state index in [-0.39, 0.29) is 24.6 Å². The molecule has 1 aliphatic heterocycles. The van der Waals surface area contributed by atoms with Crippen molar-refractivity contribution >= 4 is 11.8 Å². The van der Waals surface area contributed by atoms with Crippen molar-refractivity contribution in [1.82, 2.24) is 10.6 Å². The van der Waals surface area contributed by atoms with Gasteiger partial charge in [-0.05, 0) is 26.2 Å². The summed E-state index contributed by atoms with van der Waals surface area (Å²) in [6, 6.07) is -0.341. The van der Waals surface area contributed by atoms with E-state index >= 15 is 0 Å². The molecule has 2 amide bonds. The van der Waals surface area contributed by atoms with E-state index < -0.39 is 0 Å². The molecule has 0 saturated carbocycles. The maximum atomic E-state index is 11.2. The molecule has 0 bridgehead atoms. The van der Waals surface area contributed by atoms with Gasteiger partial charge in [0.2, 0.25) is 0 Å². The van der Waals surface area contributed by atoms with Crippen LogP contribution in [0, 0.1) is 0 Å². The van der Waals surface area contributed by atoms with Crippen LogP contribution in [0.15, 0.2) is 0 Å². The molecule has 14 heavy (non-hydrogen) atoms. The highest BCUT2D eigenvalue weighted by Gasteiger charge is 2.15. The molecule has 1 rings (SSSR count). The van der Waals surface area contributed by atoms with Crippen LogP contribution in [0.25, 0.3) is 0 Å². The normalized spacial score (nSPS) is 21.4. The fourth-order valence-corrected chi connectivity index (χ4v) is 1.26. The maximum absolute atomic E-state index is 11.2. The van der Waals surface area contributed by atoms with Crippen molar-refractivity contribution in [2.45, 2.75) is 32.4 Å². The molecule has 5 heteroatoms. The zero-order valence-electron chi connectivity index (χ0n) is 8.34. The fourth-order valence-electron chi connectivity index (χ4n) is 1.26. The number of Topliss-reactive ketones (excluding diaryl/α,β-unsaturated/α-hetero) is 1. The van der Waals surface area contributed by atoms with Gasteiger partial charge >= 0.3 is 6.03 Å². The average molecular weight is 200 g/mol. The topological polar surface area (TPSA) is 67.4 Å². The van der Waals surface area contributed by atoms with Crippen molar-refractivity contribution in [3.63, 3.8) is 0 Å². The number of urea groups is 1. The lowest BCUT2D eigenvalue weighted by atomic mass is 10.2. The van der Waals surface area contributed by atoms with E-state index in [0.717, 1.165) is 19.3 Å². The molecule has 5 nitrogen and oxygen atoms in total. The molecule has 1 heterocycles. The van der Waals surface area contributed by atoms with E-state index in [9.17, 15) is 9.59 Å². The van der Waals surface area contributed by atoms with Crippen LogP contribution >= 0.6 is 0 Å². The lowest BCUT2D eigenvalue weighted by Gasteiger charge is -2.23. The second kappa shape index (κ2) is 5.59. The smallest absolute Gasteiger partial charge is 0.317 e. The summed E-state index contributed by atoms with van der Waals surface area (Å²) >= 11 is 0. The monoisotopic (exact) mass is 200 g/mol. The van der Waals surface area contributed by atoms with Gasteiger partial charge in [-0.3, -0.25) is 4.79 Å². The Labute approximate surface area is 83.2 Å². The van der Waals surface area contributed by atoms with Crippen LogP contribution in [0.3, 0.4) is 0 Å². The largest absolute Gasteiger partial charge is 0.358 e. The van der Waals surface area contributed by atoms with Crippen LogP contribution in [-0.4, -0.2) is 31.2 Å². The Morgan fingerprint density at radius 2 is 2.21 bits per heavy atom. The molecular formula is C9H16N2O3. The number of nitrogens with one attached hydrogen (secondary N) is 2. The zero-order valence-corrected chi connectivity index (χ0v) is 8.34. The molecule has 1 unspecified atom stereocenters. The molecule has 0 aromatic carbocycles. The number of ketones is 1. The second-order valence-electron chi connectivity index (χ2n) is 3.38. The zero-order chi connectivity index (χ0) is 10.4. The first-order valence-electron chi connectivity index (χ1n) is 4.84. The molecule has 2 N–H and O–H groups in total.